The molecule has 0 radical (unpaired) electrons. The molecule has 0 spiro atoms. The number of sulfonamides is 1. The smallest absolute Gasteiger partial charge is 0.310 e. The number of esters is 1. The number of phenolic OH excluding ortho intramolecular Hbond substituents is 1. The number of benzene rings is 2. The number of fused-ring (bicyclic) bond motifs is 3. The monoisotopic (exact) mass is 719 g/mol. The third kappa shape index (κ3) is 9.30. The Morgan fingerprint density at radius 2 is 1.34 bits per heavy atom. The zero-order valence-electron chi connectivity index (χ0n) is 29.1. The van der Waals surface area contributed by atoms with Gasteiger partial charge < -0.3 is 50.5 Å². The van der Waals surface area contributed by atoms with Crippen LogP contribution in [0.25, 0.3) is 0 Å². The molecule has 4 atom stereocenters. The molecule has 0 aromatic heterocycles. The van der Waals surface area contributed by atoms with Crippen molar-refractivity contribution < 1.29 is 42.0 Å². The quantitative estimate of drug-likeness (QED) is 0.0767. The minimum atomic E-state index is -3.77. The van der Waals surface area contributed by atoms with Crippen molar-refractivity contribution in [3.05, 3.63) is 41.0 Å². The van der Waals surface area contributed by atoms with Crippen LogP contribution in [0.5, 0.6) is 28.7 Å². The average Bonchev–Trinajstić information content (AvgIpc) is 3.73. The average molecular weight is 720 g/mol. The molecule has 1 saturated heterocycles. The van der Waals surface area contributed by atoms with Gasteiger partial charge in [0.2, 0.25) is 22.6 Å². The molecule has 2 heterocycles. The largest absolute Gasteiger partial charge is 0.502 e. The molecule has 0 saturated carbocycles. The van der Waals surface area contributed by atoms with Crippen LogP contribution >= 0.6 is 0 Å². The van der Waals surface area contributed by atoms with Crippen LogP contribution in [0.4, 0.5) is 0 Å². The molecule has 2 aromatic rings. The summed E-state index contributed by atoms with van der Waals surface area (Å²) in [6, 6.07) is 6.18. The molecule has 3 aliphatic rings. The van der Waals surface area contributed by atoms with Gasteiger partial charge in [-0.15, -0.1) is 0 Å². The summed E-state index contributed by atoms with van der Waals surface area (Å²) in [5, 5.41) is 20.8. The second kappa shape index (κ2) is 18.2. The van der Waals surface area contributed by atoms with Crippen LogP contribution in [0.15, 0.2) is 24.3 Å². The van der Waals surface area contributed by atoms with Crippen LogP contribution < -0.4 is 45.4 Å². The number of phenols is 1. The minimum absolute atomic E-state index is 0.0325. The Labute approximate surface area is 295 Å². The molecule has 2 unspecified atom stereocenters. The third-order valence-electron chi connectivity index (χ3n) is 9.62. The summed E-state index contributed by atoms with van der Waals surface area (Å²) in [7, 11) is -0.901. The van der Waals surface area contributed by atoms with Crippen molar-refractivity contribution in [3.63, 3.8) is 0 Å². The van der Waals surface area contributed by atoms with Gasteiger partial charge in [-0.05, 0) is 119 Å². The lowest BCUT2D eigenvalue weighted by molar-refractivity contribution is -0.141. The number of methoxy groups -OCH3 is 2. The second-order valence-corrected chi connectivity index (χ2v) is 14.9. The Hall–Kier alpha value is -3.34. The van der Waals surface area contributed by atoms with E-state index < -0.39 is 39.8 Å². The van der Waals surface area contributed by atoms with Crippen molar-refractivity contribution in [1.82, 2.24) is 20.7 Å². The van der Waals surface area contributed by atoms with Gasteiger partial charge in [0.1, 0.15) is 0 Å². The number of ether oxygens (including phenoxy) is 5. The maximum Gasteiger partial charge on any atom is 0.310 e. The van der Waals surface area contributed by atoms with Gasteiger partial charge in [0.15, 0.2) is 23.0 Å². The molecule has 15 heteroatoms. The lowest BCUT2D eigenvalue weighted by Gasteiger charge is -2.39. The first-order valence-corrected chi connectivity index (χ1v) is 19.3. The van der Waals surface area contributed by atoms with Crippen LogP contribution in [-0.4, -0.2) is 98.7 Å². The molecular formula is C35H53N5O9S. The van der Waals surface area contributed by atoms with Gasteiger partial charge in [-0.25, -0.2) is 13.1 Å². The van der Waals surface area contributed by atoms with Gasteiger partial charge in [-0.2, -0.15) is 0 Å². The Morgan fingerprint density at radius 3 is 1.90 bits per heavy atom. The molecule has 0 amide bonds. The van der Waals surface area contributed by atoms with E-state index in [0.29, 0.717) is 41.3 Å². The topological polar surface area (TPSA) is 192 Å². The number of nitrogens with two attached hydrogens (primary N) is 1. The zero-order chi connectivity index (χ0) is 35.5. The maximum atomic E-state index is 13.5. The molecule has 14 nitrogen and oxygen atoms in total. The first kappa shape index (κ1) is 37.9. The van der Waals surface area contributed by atoms with E-state index in [2.05, 4.69) is 20.7 Å². The van der Waals surface area contributed by atoms with E-state index in [1.165, 1.54) is 14.2 Å². The molecule has 0 bridgehead atoms. The fourth-order valence-corrected chi connectivity index (χ4v) is 8.25. The van der Waals surface area contributed by atoms with Crippen LogP contribution in [-0.2, 0) is 19.6 Å². The highest BCUT2D eigenvalue weighted by atomic mass is 32.2. The number of hydrogen-bond donors (Lipinski definition) is 6. The van der Waals surface area contributed by atoms with E-state index in [9.17, 15) is 18.3 Å². The number of unbranched alkanes of at least 4 members (excludes halogenated alkanes) is 3. The van der Waals surface area contributed by atoms with Crippen molar-refractivity contribution in [2.45, 2.75) is 50.5 Å². The fraction of sp³-hybridized carbons (Fsp3) is 0.629. The number of cyclic esters (lactones) is 1. The van der Waals surface area contributed by atoms with Crippen molar-refractivity contribution >= 4 is 16.0 Å². The molecule has 5 rings (SSSR count). The van der Waals surface area contributed by atoms with Gasteiger partial charge in [-0.1, -0.05) is 0 Å². The summed E-state index contributed by atoms with van der Waals surface area (Å²) in [5.74, 6) is -1.12. The van der Waals surface area contributed by atoms with Crippen LogP contribution in [0.1, 0.15) is 67.2 Å². The second-order valence-electron chi connectivity index (χ2n) is 13.0. The molecule has 50 heavy (non-hydrogen) atoms. The first-order chi connectivity index (χ1) is 24.3. The number of aromatic hydroxyl groups is 1. The van der Waals surface area contributed by atoms with Crippen LogP contribution in [0, 0.1) is 11.8 Å². The molecule has 2 aromatic carbocycles. The highest BCUT2D eigenvalue weighted by Crippen LogP contribution is 2.55. The lowest BCUT2D eigenvalue weighted by Crippen LogP contribution is -2.44. The fourth-order valence-electron chi connectivity index (χ4n) is 7.04. The van der Waals surface area contributed by atoms with Gasteiger partial charge in [0.25, 0.3) is 0 Å². The highest BCUT2D eigenvalue weighted by molar-refractivity contribution is 7.89. The molecule has 7 N–H and O–H groups in total. The van der Waals surface area contributed by atoms with Gasteiger partial charge >= 0.3 is 5.97 Å². The maximum absolute atomic E-state index is 13.5. The number of hydrogen-bond acceptors (Lipinski definition) is 13. The first-order valence-electron chi connectivity index (χ1n) is 17.6. The van der Waals surface area contributed by atoms with Crippen molar-refractivity contribution in [1.29, 1.82) is 0 Å². The summed E-state index contributed by atoms with van der Waals surface area (Å²) < 4.78 is 57.7. The predicted molar refractivity (Wildman–Crippen MR) is 189 cm³/mol. The van der Waals surface area contributed by atoms with Gasteiger partial charge in [0.05, 0.1) is 38.5 Å². The van der Waals surface area contributed by atoms with E-state index in [4.69, 9.17) is 29.4 Å². The normalized spacial score (nSPS) is 20.7. The zero-order valence-corrected chi connectivity index (χ0v) is 29.9. The molecule has 2 aliphatic heterocycles. The van der Waals surface area contributed by atoms with E-state index in [-0.39, 0.29) is 36.4 Å². The van der Waals surface area contributed by atoms with Gasteiger partial charge in [-0.3, -0.25) is 4.79 Å². The molecule has 1 aliphatic carbocycles. The lowest BCUT2D eigenvalue weighted by atomic mass is 9.65. The van der Waals surface area contributed by atoms with Crippen LogP contribution in [0.2, 0.25) is 0 Å². The van der Waals surface area contributed by atoms with E-state index in [0.717, 1.165) is 71.2 Å². The van der Waals surface area contributed by atoms with E-state index in [1.54, 1.807) is 24.3 Å². The number of carbonyl (C=O) groups excluding carboxylic acids is 1. The predicted octanol–water partition coefficient (Wildman–Crippen LogP) is 2.10. The number of rotatable bonds is 22. The van der Waals surface area contributed by atoms with Crippen LogP contribution in [0.3, 0.4) is 0 Å². The van der Waals surface area contributed by atoms with Crippen molar-refractivity contribution in [2.75, 3.05) is 79.2 Å². The highest BCUT2D eigenvalue weighted by Gasteiger charge is 2.53. The SMILES string of the molecule is COc1cc(C2c3cc4c(cc3[C@@H](NS(=O)(=O)CCNCCCCNCCCCNCCCCN)C3COC(=O)[C@H]23)OCO4)cc(OC)c1O. The minimum Gasteiger partial charge on any atom is -0.502 e. The molecule has 1 fully saturated rings. The summed E-state index contributed by atoms with van der Waals surface area (Å²) in [6.07, 6.45) is 6.40. The summed E-state index contributed by atoms with van der Waals surface area (Å²) in [4.78, 5) is 13.4. The molecular weight excluding hydrogens is 666 g/mol. The van der Waals surface area contributed by atoms with Gasteiger partial charge in [0, 0.05) is 18.4 Å². The van der Waals surface area contributed by atoms with Crippen molar-refractivity contribution in [2.24, 2.45) is 17.6 Å². The summed E-state index contributed by atoms with van der Waals surface area (Å²) >= 11 is 0. The third-order valence-corrected chi connectivity index (χ3v) is 11.0. The summed E-state index contributed by atoms with van der Waals surface area (Å²) in [6.45, 7) is 5.82. The number of nitrogens with one attached hydrogen (secondary N) is 4. The Balaban J connectivity index is 1.17. The van der Waals surface area contributed by atoms with E-state index in [1.807, 2.05) is 0 Å². The summed E-state index contributed by atoms with van der Waals surface area (Å²) in [5.41, 5.74) is 7.53. The van der Waals surface area contributed by atoms with Crippen molar-refractivity contribution in [3.8, 4) is 28.7 Å². The molecule has 278 valence electrons. The standard InChI is InChI=1S/C35H53N5O9S/c1-45-29-17-23(18-30(46-2)34(29)41)31-24-19-27-28(49-22-48-27)20-25(24)33(26-21-47-35(42)32(26)31)40-50(43,44)16-15-39-14-8-7-13-38-12-6-5-11-37-10-4-3-9-36/h17-20,26,31-33,37-41H,3-16,21-22,36H2,1-2H3/t26?,31?,32-,33+/m0/s1. The Kier molecular flexibility index (Phi) is 13.8. The Morgan fingerprint density at radius 1 is 0.800 bits per heavy atom. The Bertz CT molecular complexity index is 1520. The number of carbonyl (C=O) groups is 1. The van der Waals surface area contributed by atoms with E-state index >= 15 is 0 Å².